The van der Waals surface area contributed by atoms with E-state index in [-0.39, 0.29) is 93.8 Å². The molecule has 0 amide bonds. The molecule has 1 saturated heterocycles. The Morgan fingerprint density at radius 3 is 2.70 bits per heavy atom. The molecule has 0 spiro atoms. The molecule has 3 aliphatic rings. The van der Waals surface area contributed by atoms with Gasteiger partial charge in [0.1, 0.15) is 12.2 Å². The van der Waals surface area contributed by atoms with Gasteiger partial charge < -0.3 is 14.6 Å². The number of hydrogen-bond donors (Lipinski definition) is 1. The number of carbonyl (C=O) groups excluding carboxylic acids is 2. The summed E-state index contributed by atoms with van der Waals surface area (Å²) in [5, 5.41) is 9.89. The predicted octanol–water partition coefficient (Wildman–Crippen LogP) is 3.55. The monoisotopic (exact) mass is 444 g/mol. The first-order valence-electron chi connectivity index (χ1n) is 11.3. The van der Waals surface area contributed by atoms with E-state index in [1.807, 2.05) is 13.8 Å². The number of ether oxygens (including phenoxy) is 2. The standard InChI is InChI=1S/C24H36O5.K.H/c1-5-15(3)24(27)29-21-11-14(2)10-17-7-6-16(4)20(23(17)21)9-8-19-12-18(25)13-22(26)28-19;;/h6-7,10,14-16,18-21,23,25H,5,8-9,11-13H2,1-4H3;;/t14-,15-,16-,18+,19+,20-,21-,23-;;/m0../s1. The van der Waals surface area contributed by atoms with Gasteiger partial charge >= 0.3 is 63.3 Å². The average molecular weight is 445 g/mol. The van der Waals surface area contributed by atoms with E-state index in [1.165, 1.54) is 5.57 Å². The molecule has 6 heteroatoms. The zero-order valence-electron chi connectivity index (χ0n) is 18.2. The second-order valence-electron chi connectivity index (χ2n) is 9.36. The number of rotatable bonds is 6. The number of esters is 2. The van der Waals surface area contributed by atoms with Crippen molar-refractivity contribution in [1.29, 1.82) is 0 Å². The van der Waals surface area contributed by atoms with Crippen molar-refractivity contribution in [2.24, 2.45) is 29.6 Å². The van der Waals surface area contributed by atoms with Crippen molar-refractivity contribution >= 4 is 63.3 Å². The van der Waals surface area contributed by atoms with Gasteiger partial charge in [0.2, 0.25) is 0 Å². The van der Waals surface area contributed by atoms with Gasteiger partial charge in [-0.3, -0.25) is 9.59 Å². The first-order valence-corrected chi connectivity index (χ1v) is 11.3. The van der Waals surface area contributed by atoms with E-state index in [4.69, 9.17) is 9.47 Å². The Bertz CT molecular complexity index is 673. The number of allylic oxidation sites excluding steroid dienone is 3. The molecule has 30 heavy (non-hydrogen) atoms. The number of hydrogen-bond acceptors (Lipinski definition) is 5. The second kappa shape index (κ2) is 11.8. The summed E-state index contributed by atoms with van der Waals surface area (Å²) in [5.74, 6) is 0.755. The van der Waals surface area contributed by atoms with Gasteiger partial charge in [-0.25, -0.2) is 0 Å². The molecule has 0 radical (unpaired) electrons. The van der Waals surface area contributed by atoms with Crippen molar-refractivity contribution in [3.05, 3.63) is 23.8 Å². The summed E-state index contributed by atoms with van der Waals surface area (Å²) >= 11 is 0. The molecule has 5 nitrogen and oxygen atoms in total. The van der Waals surface area contributed by atoms with E-state index in [2.05, 4.69) is 32.1 Å². The summed E-state index contributed by atoms with van der Waals surface area (Å²) in [6, 6.07) is 0. The molecule has 0 aromatic rings. The van der Waals surface area contributed by atoms with Crippen molar-refractivity contribution in [2.75, 3.05) is 0 Å². The van der Waals surface area contributed by atoms with Crippen LogP contribution in [0.5, 0.6) is 0 Å². The van der Waals surface area contributed by atoms with Crippen LogP contribution in [0.3, 0.4) is 0 Å². The Kier molecular flexibility index (Phi) is 10.3. The Balaban J connectivity index is 0.00000320. The van der Waals surface area contributed by atoms with Crippen LogP contribution in [-0.4, -0.2) is 86.7 Å². The zero-order valence-corrected chi connectivity index (χ0v) is 18.2. The van der Waals surface area contributed by atoms with Crippen molar-refractivity contribution in [3.8, 4) is 0 Å². The van der Waals surface area contributed by atoms with Crippen molar-refractivity contribution in [2.45, 2.75) is 84.5 Å². The zero-order chi connectivity index (χ0) is 21.1. The summed E-state index contributed by atoms with van der Waals surface area (Å²) < 4.78 is 11.5. The summed E-state index contributed by atoms with van der Waals surface area (Å²) in [6.45, 7) is 8.33. The van der Waals surface area contributed by atoms with E-state index in [0.29, 0.717) is 24.2 Å². The van der Waals surface area contributed by atoms with E-state index in [1.54, 1.807) is 0 Å². The molecule has 0 aromatic carbocycles. The number of fused-ring (bicyclic) bond motifs is 1. The number of cyclic esters (lactones) is 1. The Hall–Kier alpha value is 0.0164. The van der Waals surface area contributed by atoms with E-state index >= 15 is 0 Å². The van der Waals surface area contributed by atoms with Gasteiger partial charge in [-0.1, -0.05) is 45.9 Å². The maximum atomic E-state index is 12.5. The van der Waals surface area contributed by atoms with Crippen LogP contribution in [0.25, 0.3) is 0 Å². The SMILES string of the molecule is CC[C@H](C)C(=O)O[C@H]1C[C@@H](C)C=C2C=C[C@H](C)[C@H](CC[C@@H]3C[C@@H](O)CC(=O)O3)[C@H]21.[KH]. The van der Waals surface area contributed by atoms with Gasteiger partial charge in [0.05, 0.1) is 18.4 Å². The van der Waals surface area contributed by atoms with Gasteiger partial charge in [-0.05, 0) is 49.0 Å². The molecule has 0 bridgehead atoms. The van der Waals surface area contributed by atoms with E-state index in [9.17, 15) is 14.7 Å². The summed E-state index contributed by atoms with van der Waals surface area (Å²) in [7, 11) is 0. The molecule has 8 atom stereocenters. The van der Waals surface area contributed by atoms with E-state index < -0.39 is 6.10 Å². The Labute approximate surface area is 223 Å². The molecule has 0 saturated carbocycles. The van der Waals surface area contributed by atoms with Crippen molar-refractivity contribution in [1.82, 2.24) is 0 Å². The summed E-state index contributed by atoms with van der Waals surface area (Å²) in [6.07, 6.45) is 9.70. The van der Waals surface area contributed by atoms with Crippen molar-refractivity contribution in [3.63, 3.8) is 0 Å². The molecule has 164 valence electrons. The molecule has 0 unspecified atom stereocenters. The van der Waals surface area contributed by atoms with Gasteiger partial charge in [0, 0.05) is 12.3 Å². The van der Waals surface area contributed by atoms with Crippen LogP contribution in [0.2, 0.25) is 0 Å². The molecule has 1 heterocycles. The van der Waals surface area contributed by atoms with Crippen LogP contribution >= 0.6 is 0 Å². The van der Waals surface area contributed by atoms with Gasteiger partial charge in [-0.15, -0.1) is 0 Å². The van der Waals surface area contributed by atoms with Gasteiger partial charge in [0.25, 0.3) is 0 Å². The fourth-order valence-electron chi connectivity index (χ4n) is 5.07. The number of aliphatic hydroxyl groups excluding tert-OH is 1. The first kappa shape index (κ1) is 26.3. The van der Waals surface area contributed by atoms with Crippen LogP contribution < -0.4 is 0 Å². The van der Waals surface area contributed by atoms with Crippen molar-refractivity contribution < 1.29 is 24.2 Å². The normalized spacial score (nSPS) is 36.6. The minimum atomic E-state index is -0.597. The van der Waals surface area contributed by atoms with Crippen LogP contribution in [0.4, 0.5) is 0 Å². The summed E-state index contributed by atoms with van der Waals surface area (Å²) in [5.41, 5.74) is 1.27. The minimum absolute atomic E-state index is 0. The van der Waals surface area contributed by atoms with Crippen LogP contribution in [0.15, 0.2) is 23.8 Å². The molecular formula is C24H37KO5. The van der Waals surface area contributed by atoms with Gasteiger partial charge in [-0.2, -0.15) is 0 Å². The third-order valence-corrected chi connectivity index (χ3v) is 6.93. The predicted molar refractivity (Wildman–Crippen MR) is 118 cm³/mol. The van der Waals surface area contributed by atoms with Gasteiger partial charge in [0.15, 0.2) is 0 Å². The molecule has 0 aromatic heterocycles. The molecule has 1 fully saturated rings. The third-order valence-electron chi connectivity index (χ3n) is 6.93. The average Bonchev–Trinajstić information content (AvgIpc) is 2.65. The summed E-state index contributed by atoms with van der Waals surface area (Å²) in [4.78, 5) is 24.2. The fourth-order valence-corrected chi connectivity index (χ4v) is 5.07. The molecule has 1 N–H and O–H groups in total. The van der Waals surface area contributed by atoms with Crippen LogP contribution in [-0.2, 0) is 19.1 Å². The topological polar surface area (TPSA) is 72.8 Å². The molecular weight excluding hydrogens is 407 g/mol. The molecule has 1 aliphatic heterocycles. The number of aliphatic hydroxyl groups is 1. The number of carbonyl (C=O) groups is 2. The first-order chi connectivity index (χ1) is 13.8. The third kappa shape index (κ3) is 6.52. The maximum absolute atomic E-state index is 12.5. The van der Waals surface area contributed by atoms with Crippen LogP contribution in [0.1, 0.15) is 66.2 Å². The Morgan fingerprint density at radius 1 is 1.30 bits per heavy atom. The quantitative estimate of drug-likeness (QED) is 0.501. The van der Waals surface area contributed by atoms with Crippen LogP contribution in [0, 0.1) is 29.6 Å². The second-order valence-corrected chi connectivity index (χ2v) is 9.36. The fraction of sp³-hybridized carbons (Fsp3) is 0.750. The Morgan fingerprint density at radius 2 is 2.03 bits per heavy atom. The molecule has 2 aliphatic carbocycles. The van der Waals surface area contributed by atoms with E-state index in [0.717, 1.165) is 25.7 Å². The molecule has 3 rings (SSSR count).